The van der Waals surface area contributed by atoms with Gasteiger partial charge in [-0.2, -0.15) is 0 Å². The lowest BCUT2D eigenvalue weighted by Crippen LogP contribution is -2.20. The summed E-state index contributed by atoms with van der Waals surface area (Å²) >= 11 is 0. The molecular formula is C23H23NO4. The maximum absolute atomic E-state index is 12.0. The third kappa shape index (κ3) is 5.51. The zero-order valence-electron chi connectivity index (χ0n) is 16.0. The molecule has 0 spiro atoms. The standard InChI is InChI=1S/C23H23NO4/c1-17-8-10-20(28-17)11-13-23(25)24-15-19-9-12-21(22(14-19)26-2)27-16-18-6-4-3-5-7-18/h3-14H,15-16H2,1-2H3,(H,24,25)/b13-11+. The molecule has 1 amide bonds. The molecule has 1 heterocycles. The lowest BCUT2D eigenvalue weighted by molar-refractivity contribution is -0.116. The Morgan fingerprint density at radius 3 is 2.57 bits per heavy atom. The minimum absolute atomic E-state index is 0.197. The number of benzene rings is 2. The van der Waals surface area contributed by atoms with Crippen LogP contribution in [0.1, 0.15) is 22.6 Å². The van der Waals surface area contributed by atoms with Crippen LogP contribution in [0.15, 0.2) is 71.2 Å². The number of furan rings is 1. The number of hydrogen-bond acceptors (Lipinski definition) is 4. The van der Waals surface area contributed by atoms with Crippen molar-refractivity contribution in [3.63, 3.8) is 0 Å². The molecule has 0 radical (unpaired) electrons. The van der Waals surface area contributed by atoms with Gasteiger partial charge in [0.25, 0.3) is 0 Å². The molecular weight excluding hydrogens is 354 g/mol. The molecule has 0 bridgehead atoms. The fourth-order valence-corrected chi connectivity index (χ4v) is 2.63. The maximum atomic E-state index is 12.0. The molecule has 5 heteroatoms. The van der Waals surface area contributed by atoms with Crippen LogP contribution >= 0.6 is 0 Å². The van der Waals surface area contributed by atoms with Crippen LogP contribution < -0.4 is 14.8 Å². The van der Waals surface area contributed by atoms with Crippen molar-refractivity contribution in [1.29, 1.82) is 0 Å². The van der Waals surface area contributed by atoms with Crippen LogP contribution in [0.2, 0.25) is 0 Å². The van der Waals surface area contributed by atoms with E-state index in [4.69, 9.17) is 13.9 Å². The first-order valence-electron chi connectivity index (χ1n) is 9.00. The number of carbonyl (C=O) groups excluding carboxylic acids is 1. The van der Waals surface area contributed by atoms with E-state index in [9.17, 15) is 4.79 Å². The van der Waals surface area contributed by atoms with Crippen molar-refractivity contribution in [3.8, 4) is 11.5 Å². The van der Waals surface area contributed by atoms with Crippen molar-refractivity contribution < 1.29 is 18.7 Å². The third-order valence-corrected chi connectivity index (χ3v) is 4.09. The summed E-state index contributed by atoms with van der Waals surface area (Å²) in [5.41, 5.74) is 2.00. The number of aryl methyl sites for hydroxylation is 1. The van der Waals surface area contributed by atoms with Gasteiger partial charge in [0.05, 0.1) is 7.11 Å². The van der Waals surface area contributed by atoms with Crippen molar-refractivity contribution in [2.24, 2.45) is 0 Å². The summed E-state index contributed by atoms with van der Waals surface area (Å²) in [4.78, 5) is 12.0. The summed E-state index contributed by atoms with van der Waals surface area (Å²) in [6.45, 7) is 2.71. The highest BCUT2D eigenvalue weighted by Gasteiger charge is 2.07. The Morgan fingerprint density at radius 2 is 1.86 bits per heavy atom. The van der Waals surface area contributed by atoms with Crippen LogP contribution in [-0.4, -0.2) is 13.0 Å². The van der Waals surface area contributed by atoms with Gasteiger partial charge in [-0.05, 0) is 48.4 Å². The van der Waals surface area contributed by atoms with Crippen LogP contribution in [0, 0.1) is 6.92 Å². The number of ether oxygens (including phenoxy) is 2. The Kier molecular flexibility index (Phi) is 6.52. The van der Waals surface area contributed by atoms with Gasteiger partial charge in [0, 0.05) is 12.6 Å². The first kappa shape index (κ1) is 19.3. The molecule has 0 saturated carbocycles. The molecule has 0 saturated heterocycles. The minimum Gasteiger partial charge on any atom is -0.493 e. The number of carbonyl (C=O) groups is 1. The Bertz CT molecular complexity index is 944. The summed E-state index contributed by atoms with van der Waals surface area (Å²) < 4.78 is 16.7. The second-order valence-electron chi connectivity index (χ2n) is 6.26. The van der Waals surface area contributed by atoms with Gasteiger partial charge in [-0.25, -0.2) is 0 Å². The second-order valence-corrected chi connectivity index (χ2v) is 6.26. The number of amides is 1. The average molecular weight is 377 g/mol. The van der Waals surface area contributed by atoms with E-state index in [1.54, 1.807) is 13.2 Å². The van der Waals surface area contributed by atoms with E-state index in [1.807, 2.05) is 67.6 Å². The molecule has 1 aromatic heterocycles. The van der Waals surface area contributed by atoms with Gasteiger partial charge in [-0.1, -0.05) is 36.4 Å². The fourth-order valence-electron chi connectivity index (χ4n) is 2.63. The van der Waals surface area contributed by atoms with Gasteiger partial charge in [-0.3, -0.25) is 4.79 Å². The van der Waals surface area contributed by atoms with Crippen LogP contribution in [0.25, 0.3) is 6.08 Å². The molecule has 0 atom stereocenters. The average Bonchev–Trinajstić information content (AvgIpc) is 3.15. The molecule has 28 heavy (non-hydrogen) atoms. The van der Waals surface area contributed by atoms with E-state index >= 15 is 0 Å². The molecule has 3 aromatic rings. The van der Waals surface area contributed by atoms with Gasteiger partial charge in [0.2, 0.25) is 5.91 Å². The third-order valence-electron chi connectivity index (χ3n) is 4.09. The Labute approximate surface area is 164 Å². The lowest BCUT2D eigenvalue weighted by atomic mass is 10.2. The van der Waals surface area contributed by atoms with E-state index in [0.717, 1.165) is 16.9 Å². The second kappa shape index (κ2) is 9.46. The van der Waals surface area contributed by atoms with Gasteiger partial charge >= 0.3 is 0 Å². The molecule has 0 unspecified atom stereocenters. The van der Waals surface area contributed by atoms with E-state index in [0.29, 0.717) is 30.4 Å². The van der Waals surface area contributed by atoms with Gasteiger partial charge in [0.1, 0.15) is 18.1 Å². The highest BCUT2D eigenvalue weighted by molar-refractivity contribution is 5.91. The van der Waals surface area contributed by atoms with Crippen LogP contribution in [0.3, 0.4) is 0 Å². The predicted octanol–water partition coefficient (Wildman–Crippen LogP) is 4.51. The highest BCUT2D eigenvalue weighted by atomic mass is 16.5. The Hall–Kier alpha value is -3.47. The monoisotopic (exact) mass is 377 g/mol. The van der Waals surface area contributed by atoms with E-state index in [1.165, 1.54) is 6.08 Å². The van der Waals surface area contributed by atoms with Gasteiger partial charge in [-0.15, -0.1) is 0 Å². The first-order valence-corrected chi connectivity index (χ1v) is 9.00. The molecule has 0 aliphatic carbocycles. The fraction of sp³-hybridized carbons (Fsp3) is 0.174. The Balaban J connectivity index is 1.55. The van der Waals surface area contributed by atoms with E-state index in [2.05, 4.69) is 5.32 Å². The van der Waals surface area contributed by atoms with E-state index < -0.39 is 0 Å². The highest BCUT2D eigenvalue weighted by Crippen LogP contribution is 2.28. The molecule has 3 rings (SSSR count). The smallest absolute Gasteiger partial charge is 0.244 e. The number of methoxy groups -OCH3 is 1. The van der Waals surface area contributed by atoms with Crippen LogP contribution in [0.4, 0.5) is 0 Å². The summed E-state index contributed by atoms with van der Waals surface area (Å²) in [5, 5.41) is 2.84. The first-order chi connectivity index (χ1) is 13.6. The summed E-state index contributed by atoms with van der Waals surface area (Å²) in [5.74, 6) is 2.55. The molecule has 0 fully saturated rings. The topological polar surface area (TPSA) is 60.7 Å². The number of hydrogen-bond donors (Lipinski definition) is 1. The summed E-state index contributed by atoms with van der Waals surface area (Å²) in [6.07, 6.45) is 3.09. The molecule has 0 aliphatic rings. The number of nitrogens with one attached hydrogen (secondary N) is 1. The van der Waals surface area contributed by atoms with Crippen molar-refractivity contribution in [2.45, 2.75) is 20.1 Å². The summed E-state index contributed by atoms with van der Waals surface area (Å²) in [7, 11) is 1.60. The van der Waals surface area contributed by atoms with Crippen molar-refractivity contribution >= 4 is 12.0 Å². The van der Waals surface area contributed by atoms with Crippen molar-refractivity contribution in [1.82, 2.24) is 5.32 Å². The number of rotatable bonds is 8. The summed E-state index contributed by atoms with van der Waals surface area (Å²) in [6, 6.07) is 19.2. The van der Waals surface area contributed by atoms with Crippen molar-refractivity contribution in [2.75, 3.05) is 7.11 Å². The normalized spacial score (nSPS) is 10.8. The molecule has 0 aliphatic heterocycles. The van der Waals surface area contributed by atoms with Crippen LogP contribution in [-0.2, 0) is 17.9 Å². The minimum atomic E-state index is -0.197. The van der Waals surface area contributed by atoms with Gasteiger partial charge < -0.3 is 19.2 Å². The Morgan fingerprint density at radius 1 is 1.04 bits per heavy atom. The SMILES string of the molecule is COc1cc(CNC(=O)/C=C/c2ccc(C)o2)ccc1OCc1ccccc1. The molecule has 2 aromatic carbocycles. The zero-order chi connectivity index (χ0) is 19.8. The largest absolute Gasteiger partial charge is 0.493 e. The van der Waals surface area contributed by atoms with Crippen molar-refractivity contribution in [3.05, 3.63) is 89.4 Å². The quantitative estimate of drug-likeness (QED) is 0.587. The van der Waals surface area contributed by atoms with E-state index in [-0.39, 0.29) is 5.91 Å². The molecule has 1 N–H and O–H groups in total. The maximum Gasteiger partial charge on any atom is 0.244 e. The predicted molar refractivity (Wildman–Crippen MR) is 108 cm³/mol. The molecule has 5 nitrogen and oxygen atoms in total. The molecule has 144 valence electrons. The van der Waals surface area contributed by atoms with Gasteiger partial charge in [0.15, 0.2) is 11.5 Å². The van der Waals surface area contributed by atoms with Crippen LogP contribution in [0.5, 0.6) is 11.5 Å². The lowest BCUT2D eigenvalue weighted by Gasteiger charge is -2.12. The zero-order valence-corrected chi connectivity index (χ0v) is 16.0.